The van der Waals surface area contributed by atoms with E-state index in [4.69, 9.17) is 8.23 Å². The van der Waals surface area contributed by atoms with Gasteiger partial charge < -0.3 is 8.23 Å². The lowest BCUT2D eigenvalue weighted by atomic mass is 9.92. The van der Waals surface area contributed by atoms with E-state index in [1.165, 1.54) is 0 Å². The second-order valence-electron chi connectivity index (χ2n) is 8.95. The van der Waals surface area contributed by atoms with Crippen molar-refractivity contribution in [1.82, 2.24) is 10.2 Å². The maximum Gasteiger partial charge on any atom is 0.350 e. The third-order valence-electron chi connectivity index (χ3n) is 2.95. The van der Waals surface area contributed by atoms with E-state index in [0.29, 0.717) is 0 Å². The van der Waals surface area contributed by atoms with Crippen LogP contribution in [-0.2, 0) is 13.6 Å². The molecule has 126 valence electrons. The van der Waals surface area contributed by atoms with E-state index in [9.17, 15) is 0 Å². The molecule has 7 heteroatoms. The van der Waals surface area contributed by atoms with Gasteiger partial charge >= 0.3 is 8.56 Å². The Balaban J connectivity index is 3.33. The van der Waals surface area contributed by atoms with E-state index in [1.807, 2.05) is 6.20 Å². The molecule has 1 rings (SSSR count). The van der Waals surface area contributed by atoms with Crippen molar-refractivity contribution in [2.24, 2.45) is 0 Å². The molecule has 4 nitrogen and oxygen atoms in total. The van der Waals surface area contributed by atoms with Crippen molar-refractivity contribution in [3.63, 3.8) is 0 Å². The Labute approximate surface area is 139 Å². The molecule has 0 atom stereocenters. The van der Waals surface area contributed by atoms with Crippen LogP contribution in [0.25, 0.3) is 0 Å². The molecular weight excluding hydrogens is 324 g/mol. The van der Waals surface area contributed by atoms with Crippen molar-refractivity contribution >= 4 is 30.4 Å². The molecule has 1 aromatic heterocycles. The highest BCUT2D eigenvalue weighted by Crippen LogP contribution is 2.23. The highest BCUT2D eigenvalue weighted by atomic mass is 28.5. The molecule has 0 aliphatic carbocycles. The normalized spacial score (nSPS) is 14.3. The van der Waals surface area contributed by atoms with Crippen LogP contribution in [0.5, 0.6) is 0 Å². The standard InChI is InChI=1S/C15H32N2O2Si3/c1-15(2,3)14-11-13(12-16-17-14)22(10,18-20(4,5)6)19-21(7,8)9/h11-12H,1-10H3. The van der Waals surface area contributed by atoms with E-state index in [1.54, 1.807) is 0 Å². The smallest absolute Gasteiger partial charge is 0.350 e. The first-order chi connectivity index (χ1) is 9.62. The van der Waals surface area contributed by atoms with Crippen molar-refractivity contribution < 1.29 is 8.23 Å². The molecule has 0 spiro atoms. The Kier molecular flexibility index (Phi) is 5.62. The molecule has 0 aromatic carbocycles. The lowest BCUT2D eigenvalue weighted by Crippen LogP contribution is -2.60. The van der Waals surface area contributed by atoms with Crippen LogP contribution in [0.3, 0.4) is 0 Å². The first-order valence-corrected chi connectivity index (χ1v) is 17.0. The van der Waals surface area contributed by atoms with E-state index in [2.05, 4.69) is 82.9 Å². The Bertz CT molecular complexity index is 501. The van der Waals surface area contributed by atoms with Crippen LogP contribution in [0.2, 0.25) is 45.8 Å². The number of aromatic nitrogens is 2. The minimum atomic E-state index is -2.49. The van der Waals surface area contributed by atoms with Crippen molar-refractivity contribution in [2.75, 3.05) is 0 Å². The van der Waals surface area contributed by atoms with Gasteiger partial charge in [-0.15, -0.1) is 0 Å². The number of rotatable bonds is 5. The van der Waals surface area contributed by atoms with Gasteiger partial charge in [-0.3, -0.25) is 0 Å². The molecule has 0 unspecified atom stereocenters. The zero-order valence-electron chi connectivity index (χ0n) is 15.9. The second kappa shape index (κ2) is 6.27. The molecule has 0 saturated heterocycles. The van der Waals surface area contributed by atoms with Crippen molar-refractivity contribution in [2.45, 2.75) is 72.0 Å². The third kappa shape index (κ3) is 6.04. The summed E-state index contributed by atoms with van der Waals surface area (Å²) < 4.78 is 13.2. The van der Waals surface area contributed by atoms with Crippen LogP contribution in [0.15, 0.2) is 12.3 Å². The first kappa shape index (κ1) is 19.7. The minimum Gasteiger partial charge on any atom is -0.433 e. The van der Waals surface area contributed by atoms with Crippen LogP contribution < -0.4 is 5.19 Å². The number of hydrogen-bond donors (Lipinski definition) is 0. The van der Waals surface area contributed by atoms with Gasteiger partial charge in [0, 0.05) is 10.6 Å². The van der Waals surface area contributed by atoms with Gasteiger partial charge in [-0.2, -0.15) is 10.2 Å². The monoisotopic (exact) mass is 356 g/mol. The Morgan fingerprint density at radius 2 is 1.32 bits per heavy atom. The van der Waals surface area contributed by atoms with Gasteiger partial charge in [-0.1, -0.05) is 20.8 Å². The predicted octanol–water partition coefficient (Wildman–Crippen LogP) is 3.76. The first-order valence-electron chi connectivity index (χ1n) is 7.86. The van der Waals surface area contributed by atoms with Crippen LogP contribution in [0, 0.1) is 0 Å². The van der Waals surface area contributed by atoms with Gasteiger partial charge in [0.2, 0.25) is 0 Å². The Hall–Kier alpha value is -0.349. The fourth-order valence-electron chi connectivity index (χ4n) is 2.29. The number of nitrogens with zero attached hydrogens (tertiary/aromatic N) is 2. The summed E-state index contributed by atoms with van der Waals surface area (Å²) in [5, 5.41) is 9.63. The molecule has 0 aliphatic heterocycles. The number of hydrogen-bond acceptors (Lipinski definition) is 4. The van der Waals surface area contributed by atoms with Gasteiger partial charge in [0.15, 0.2) is 16.6 Å². The summed E-state index contributed by atoms with van der Waals surface area (Å²) in [6.45, 7) is 21.9. The van der Waals surface area contributed by atoms with Gasteiger partial charge in [-0.05, 0) is 51.9 Å². The van der Waals surface area contributed by atoms with Gasteiger partial charge in [-0.25, -0.2) is 0 Å². The summed E-state index contributed by atoms with van der Waals surface area (Å²) in [6.07, 6.45) is 1.84. The molecule has 0 radical (unpaired) electrons. The molecule has 0 aliphatic rings. The topological polar surface area (TPSA) is 44.2 Å². The highest BCUT2D eigenvalue weighted by Gasteiger charge is 2.43. The Morgan fingerprint density at radius 1 is 0.864 bits per heavy atom. The Morgan fingerprint density at radius 3 is 1.68 bits per heavy atom. The van der Waals surface area contributed by atoms with Crippen molar-refractivity contribution in [3.05, 3.63) is 18.0 Å². The van der Waals surface area contributed by atoms with Crippen LogP contribution in [0.4, 0.5) is 0 Å². The molecule has 0 fully saturated rings. The molecule has 1 heterocycles. The average Bonchev–Trinajstić information content (AvgIpc) is 2.22. The summed E-state index contributed by atoms with van der Waals surface area (Å²) in [5.74, 6) is 0. The van der Waals surface area contributed by atoms with Gasteiger partial charge in [0.25, 0.3) is 0 Å². The molecular formula is C15H32N2O2Si3. The lowest BCUT2D eigenvalue weighted by molar-refractivity contribution is 0.404. The summed E-state index contributed by atoms with van der Waals surface area (Å²) >= 11 is 0. The maximum absolute atomic E-state index is 6.58. The third-order valence-corrected chi connectivity index (χ3v) is 12.3. The van der Waals surface area contributed by atoms with Crippen molar-refractivity contribution in [3.8, 4) is 0 Å². The molecule has 1 aromatic rings. The lowest BCUT2D eigenvalue weighted by Gasteiger charge is -2.38. The van der Waals surface area contributed by atoms with E-state index in [-0.39, 0.29) is 5.41 Å². The molecule has 0 amide bonds. The SMILES string of the molecule is CC(C)(C)c1cc([Si](C)(O[Si](C)(C)C)O[Si](C)(C)C)cnn1. The fraction of sp³-hybridized carbons (Fsp3) is 0.733. The summed E-state index contributed by atoms with van der Waals surface area (Å²) in [7, 11) is -5.94. The summed E-state index contributed by atoms with van der Waals surface area (Å²) in [4.78, 5) is 0. The van der Waals surface area contributed by atoms with E-state index >= 15 is 0 Å². The zero-order chi connectivity index (χ0) is 17.4. The quantitative estimate of drug-likeness (QED) is 0.754. The molecule has 22 heavy (non-hydrogen) atoms. The summed E-state index contributed by atoms with van der Waals surface area (Å²) in [6, 6.07) is 2.14. The largest absolute Gasteiger partial charge is 0.433 e. The van der Waals surface area contributed by atoms with Crippen molar-refractivity contribution in [1.29, 1.82) is 0 Å². The molecule has 0 saturated carbocycles. The van der Waals surface area contributed by atoms with E-state index < -0.39 is 25.2 Å². The second-order valence-corrected chi connectivity index (χ2v) is 21.5. The fourth-order valence-corrected chi connectivity index (χ4v) is 13.8. The predicted molar refractivity (Wildman–Crippen MR) is 101 cm³/mol. The molecule has 0 bridgehead atoms. The van der Waals surface area contributed by atoms with Crippen LogP contribution in [-0.4, -0.2) is 35.4 Å². The summed E-state index contributed by atoms with van der Waals surface area (Å²) in [5.41, 5.74) is 0.957. The van der Waals surface area contributed by atoms with E-state index in [0.717, 1.165) is 10.9 Å². The minimum absolute atomic E-state index is 0.0311. The van der Waals surface area contributed by atoms with Crippen LogP contribution in [0.1, 0.15) is 26.5 Å². The van der Waals surface area contributed by atoms with Crippen LogP contribution >= 0.6 is 0 Å². The van der Waals surface area contributed by atoms with Gasteiger partial charge in [0.05, 0.1) is 11.9 Å². The molecule has 0 N–H and O–H groups in total. The van der Waals surface area contributed by atoms with Gasteiger partial charge in [0.1, 0.15) is 0 Å². The average molecular weight is 357 g/mol. The zero-order valence-corrected chi connectivity index (χ0v) is 18.9. The highest BCUT2D eigenvalue weighted by molar-refractivity contribution is 6.94. The maximum atomic E-state index is 6.58.